The van der Waals surface area contributed by atoms with Crippen molar-refractivity contribution < 1.29 is 114 Å². The molecule has 0 aliphatic rings. The van der Waals surface area contributed by atoms with Crippen molar-refractivity contribution in [1.82, 2.24) is 0 Å². The number of benzene rings is 6. The van der Waals surface area contributed by atoms with Crippen molar-refractivity contribution in [3.63, 3.8) is 0 Å². The van der Waals surface area contributed by atoms with Crippen molar-refractivity contribution in [3.8, 4) is 11.5 Å². The molecule has 0 atom stereocenters. The Hall–Kier alpha value is -12.5. The summed E-state index contributed by atoms with van der Waals surface area (Å²) in [5.41, 5.74) is 9.83. The van der Waals surface area contributed by atoms with Crippen LogP contribution in [0.5, 0.6) is 11.5 Å². The van der Waals surface area contributed by atoms with Crippen LogP contribution in [0.15, 0.2) is 158 Å². The summed E-state index contributed by atoms with van der Waals surface area (Å²) >= 11 is 0. The second kappa shape index (κ2) is 37.7. The summed E-state index contributed by atoms with van der Waals surface area (Å²) in [6, 6.07) is 30.6. The van der Waals surface area contributed by atoms with Gasteiger partial charge in [0.2, 0.25) is 0 Å². The average Bonchev–Trinajstić information content (AvgIpc) is 0.805. The Balaban J connectivity index is 1.31. The molecule has 0 radical (unpaired) electrons. The molecule has 4 N–H and O–H groups in total. The highest BCUT2D eigenvalue weighted by Crippen LogP contribution is 2.35. The Morgan fingerprint density at radius 3 is 0.890 bits per heavy atom. The summed E-state index contributed by atoms with van der Waals surface area (Å²) < 4.78 is 64.1. The number of rotatable bonds is 33. The molecule has 6 rings (SSSR count). The first kappa shape index (κ1) is 76.5. The van der Waals surface area contributed by atoms with Crippen LogP contribution in [0.2, 0.25) is 0 Å². The van der Waals surface area contributed by atoms with E-state index in [1.165, 1.54) is 188 Å². The normalized spacial score (nSPS) is 11.3. The zero-order valence-electron chi connectivity index (χ0n) is 55.3. The number of nitrogens with two attached hydrogens (primary N) is 2. The third-order valence-electron chi connectivity index (χ3n) is 14.4. The lowest BCUT2D eigenvalue weighted by Crippen LogP contribution is -2.42. The van der Waals surface area contributed by atoms with Crippen molar-refractivity contribution >= 4 is 107 Å². The maximum atomic E-state index is 15.0. The molecule has 0 aliphatic heterocycles. The zero-order valence-corrected chi connectivity index (χ0v) is 55.3. The third kappa shape index (κ3) is 24.0. The molecule has 0 heterocycles. The lowest BCUT2D eigenvalue weighted by Gasteiger charge is -2.28. The number of unbranched alkanes of at least 4 members (excludes halogenated alkanes) is 3. The van der Waals surface area contributed by atoms with Crippen LogP contribution in [0, 0.1) is 10.8 Å². The monoisotopic (exact) mass is 1370 g/mol. The largest absolute Gasteiger partial charge is 0.466 e. The van der Waals surface area contributed by atoms with E-state index in [9.17, 15) is 57.5 Å². The van der Waals surface area contributed by atoms with Gasteiger partial charge >= 0.3 is 71.6 Å². The summed E-state index contributed by atoms with van der Waals surface area (Å²) in [4.78, 5) is 158. The van der Waals surface area contributed by atoms with E-state index in [1.54, 1.807) is 0 Å². The fourth-order valence-electron chi connectivity index (χ4n) is 8.50. The molecular formula is C74H72N2O24. The number of methoxy groups -OCH3 is 4. The molecule has 0 saturated carbocycles. The summed E-state index contributed by atoms with van der Waals surface area (Å²) in [5.74, 6) is -11.7. The molecule has 0 spiro atoms. The molecular weight excluding hydrogens is 1300 g/mol. The maximum absolute atomic E-state index is 15.0. The Morgan fingerprint density at radius 2 is 0.590 bits per heavy atom. The first-order valence-corrected chi connectivity index (χ1v) is 30.6. The molecule has 100 heavy (non-hydrogen) atoms. The van der Waals surface area contributed by atoms with E-state index in [1.807, 2.05) is 0 Å². The van der Waals surface area contributed by atoms with Crippen LogP contribution in [0.4, 0.5) is 11.4 Å². The fraction of sp³-hybridized carbons (Fsp3) is 0.243. The number of ether oxygens (including phenoxy) is 12. The van der Waals surface area contributed by atoms with E-state index >= 15 is 0 Å². The summed E-state index contributed by atoms with van der Waals surface area (Å²) in [6.07, 6.45) is 12.3. The molecule has 0 amide bonds. The lowest BCUT2D eigenvalue weighted by atomic mass is 9.92. The molecule has 6 aromatic carbocycles. The van der Waals surface area contributed by atoms with E-state index in [4.69, 9.17) is 49.4 Å². The number of hydrogen-bond donors (Lipinski definition) is 2. The van der Waals surface area contributed by atoms with E-state index in [0.29, 0.717) is 59.3 Å². The highest BCUT2D eigenvalue weighted by Gasteiger charge is 2.42. The molecule has 26 heteroatoms. The molecule has 0 aromatic heterocycles. The third-order valence-corrected chi connectivity index (χ3v) is 14.4. The Kier molecular flexibility index (Phi) is 28.9. The summed E-state index contributed by atoms with van der Waals surface area (Å²) in [7, 11) is 4.81. The second-order valence-corrected chi connectivity index (χ2v) is 22.4. The van der Waals surface area contributed by atoms with Crippen molar-refractivity contribution in [2.45, 2.75) is 39.5 Å². The van der Waals surface area contributed by atoms with Gasteiger partial charge in [-0.2, -0.15) is 0 Å². The van der Waals surface area contributed by atoms with Crippen molar-refractivity contribution in [2.24, 2.45) is 10.8 Å². The van der Waals surface area contributed by atoms with Crippen molar-refractivity contribution in [3.05, 3.63) is 213 Å². The van der Waals surface area contributed by atoms with Gasteiger partial charge in [0.25, 0.3) is 0 Å². The quantitative estimate of drug-likeness (QED) is 0.00966. The van der Waals surface area contributed by atoms with Gasteiger partial charge in [-0.15, -0.1) is 0 Å². The molecule has 0 aliphatic carbocycles. The van der Waals surface area contributed by atoms with Crippen LogP contribution in [0.1, 0.15) is 124 Å². The standard InChI is InChI=1S/C74H72N2O24/c1-73(43-95-65(81)51-23-11-47(12-24-51)19-33-61(77)89-3,44-96-66(82)52-25-13-48(14-26-52)20-34-62(78)90-4)71(87)99-59-32-31-55(69(85)93-37-9-7-8-10-38-94-70(86)56-39-57(75)42-58(76)40-56)41-60(59)100-72(88)74(2,45-97-67(83)53-27-15-49(16-28-53)21-35-63(79)91-5)46-98-68(84)54-29-17-50(18-30-54)22-36-64(80)92-6/h11-36,39-42H,7-10,37-38,43-46,75-76H2,1-6H3/b33-19+,34-20+,35-21+,36-22+. The molecule has 0 bridgehead atoms. The van der Waals surface area contributed by atoms with Crippen LogP contribution in [-0.2, 0) is 76.1 Å². The second-order valence-electron chi connectivity index (χ2n) is 22.4. The predicted octanol–water partition coefficient (Wildman–Crippen LogP) is 9.42. The molecule has 26 nitrogen and oxygen atoms in total. The Bertz CT molecular complexity index is 3880. The van der Waals surface area contributed by atoms with E-state index < -0.39 is 120 Å². The minimum absolute atomic E-state index is 0.00839. The molecule has 0 unspecified atom stereocenters. The van der Waals surface area contributed by atoms with Crippen LogP contribution in [-0.4, -0.2) is 140 Å². The van der Waals surface area contributed by atoms with Crippen LogP contribution < -0.4 is 20.9 Å². The highest BCUT2D eigenvalue weighted by atomic mass is 16.6. The first-order valence-electron chi connectivity index (χ1n) is 30.6. The minimum atomic E-state index is -2.15. The lowest BCUT2D eigenvalue weighted by molar-refractivity contribution is -0.153. The zero-order chi connectivity index (χ0) is 72.8. The van der Waals surface area contributed by atoms with Gasteiger partial charge in [0, 0.05) is 35.7 Å². The van der Waals surface area contributed by atoms with Gasteiger partial charge in [0.1, 0.15) is 37.3 Å². The number of esters is 12. The van der Waals surface area contributed by atoms with Crippen molar-refractivity contribution in [1.29, 1.82) is 0 Å². The molecule has 0 saturated heterocycles. The molecule has 522 valence electrons. The van der Waals surface area contributed by atoms with E-state index in [-0.39, 0.29) is 46.6 Å². The smallest absolute Gasteiger partial charge is 0.338 e. The van der Waals surface area contributed by atoms with Crippen LogP contribution >= 0.6 is 0 Å². The highest BCUT2D eigenvalue weighted by molar-refractivity contribution is 5.96. The summed E-state index contributed by atoms with van der Waals surface area (Å²) in [6.45, 7) is -0.973. The fourth-order valence-corrected chi connectivity index (χ4v) is 8.50. The number of nitrogen functional groups attached to an aromatic ring is 2. The van der Waals surface area contributed by atoms with Gasteiger partial charge < -0.3 is 68.3 Å². The van der Waals surface area contributed by atoms with E-state index in [2.05, 4.69) is 18.9 Å². The van der Waals surface area contributed by atoms with Crippen LogP contribution in [0.25, 0.3) is 24.3 Å². The Morgan fingerprint density at radius 1 is 0.320 bits per heavy atom. The first-order chi connectivity index (χ1) is 47.8. The maximum Gasteiger partial charge on any atom is 0.338 e. The van der Waals surface area contributed by atoms with Gasteiger partial charge in [-0.3, -0.25) is 9.59 Å². The van der Waals surface area contributed by atoms with Crippen molar-refractivity contribution in [2.75, 3.05) is 79.5 Å². The number of hydrogen-bond acceptors (Lipinski definition) is 26. The van der Waals surface area contributed by atoms with Gasteiger partial charge in [-0.05, 0) is 171 Å². The van der Waals surface area contributed by atoms with Gasteiger partial charge in [0.05, 0.1) is 75.0 Å². The van der Waals surface area contributed by atoms with Gasteiger partial charge in [0.15, 0.2) is 11.5 Å². The SMILES string of the molecule is COC(=O)/C=C/c1ccc(C(=O)OCC(C)(COC(=O)c2ccc(/C=C/C(=O)OC)cc2)C(=O)Oc2ccc(C(=O)OCCCCCCOC(=O)c3cc(N)cc(N)c3)cc2OC(=O)C(C)(COC(=O)c2ccc(/C=C/C(=O)OC)cc2)COC(=O)c2ccc(/C=C/C(=O)OC)cc2)cc1. The molecule has 6 aromatic rings. The van der Waals surface area contributed by atoms with Crippen LogP contribution in [0.3, 0.4) is 0 Å². The van der Waals surface area contributed by atoms with Gasteiger partial charge in [-0.1, -0.05) is 48.5 Å². The van der Waals surface area contributed by atoms with E-state index in [0.717, 1.165) is 36.4 Å². The average molecular weight is 1370 g/mol. The summed E-state index contributed by atoms with van der Waals surface area (Å²) in [5, 5.41) is 0. The van der Waals surface area contributed by atoms with Gasteiger partial charge in [-0.25, -0.2) is 47.9 Å². The minimum Gasteiger partial charge on any atom is -0.466 e. The predicted molar refractivity (Wildman–Crippen MR) is 359 cm³/mol. The molecule has 0 fully saturated rings. The number of carbonyl (C=O) groups excluding carboxylic acids is 12. The topological polar surface area (TPSA) is 368 Å². The number of carbonyl (C=O) groups is 12. The Labute approximate surface area is 574 Å². The number of anilines is 2.